The van der Waals surface area contributed by atoms with E-state index in [1.807, 2.05) is 0 Å². The standard InChI is InChI=1S/2C24H20B.2C12H27N3.2Cu.S2/c2*1-5-13-21(14-6-1)25(22-15-7-2-8-16-22,23-17-9-3-10-18-23)24-19-11-4-12-20-24;2*1-4-13-7-9-14(5-2)11-12-15(6-3)10-8-13;;;1-2/h2*1-20H;2*4-12H2,1-3H3;;;/q2*-1;;;2*+2;-2. The molecule has 0 unspecified atom stereocenters. The van der Waals surface area contributed by atoms with Gasteiger partial charge in [0.1, 0.15) is 12.3 Å². The van der Waals surface area contributed by atoms with E-state index in [4.69, 9.17) is 0 Å². The van der Waals surface area contributed by atoms with Gasteiger partial charge >= 0.3 is 34.1 Å². The summed E-state index contributed by atoms with van der Waals surface area (Å²) >= 11 is 7.33. The SMILES string of the molecule is CCN1CCN(CC)CCN(CC)CC1.CCN1CCN(CC)CCN(CC)CC1.[Cu+2].[Cu+2].[S-][S-].c1ccc([B-](c2ccccc2)(c2ccccc2)c2ccccc2)cc1.c1ccc([B-](c2ccccc2)(c2ccccc2)c2ccccc2)cc1. The second kappa shape index (κ2) is 40.7. The maximum Gasteiger partial charge on any atom is 2.00 e. The van der Waals surface area contributed by atoms with Crippen molar-refractivity contribution in [1.29, 1.82) is 0 Å². The Morgan fingerprint density at radius 1 is 0.214 bits per heavy atom. The van der Waals surface area contributed by atoms with E-state index in [0.29, 0.717) is 0 Å². The predicted molar refractivity (Wildman–Crippen MR) is 368 cm³/mol. The fourth-order valence-corrected chi connectivity index (χ4v) is 12.5. The molecule has 8 aromatic rings. The van der Waals surface area contributed by atoms with Crippen LogP contribution in [0.15, 0.2) is 243 Å². The molecule has 6 nitrogen and oxygen atoms in total. The van der Waals surface area contributed by atoms with E-state index >= 15 is 0 Å². The Bertz CT molecular complexity index is 2250. The average molecular weight is 1260 g/mol. The van der Waals surface area contributed by atoms with Crippen molar-refractivity contribution in [3.63, 3.8) is 0 Å². The van der Waals surface area contributed by atoms with Gasteiger partial charge in [0.2, 0.25) is 0 Å². The maximum atomic E-state index is 3.67. The molecule has 2 aliphatic rings. The largest absolute Gasteiger partial charge is 2.00 e. The molecule has 0 amide bonds. The number of hydrogen-bond donors (Lipinski definition) is 0. The van der Waals surface area contributed by atoms with E-state index in [2.05, 4.69) is 337 Å². The van der Waals surface area contributed by atoms with Gasteiger partial charge in [0.25, 0.3) is 0 Å². The molecule has 2 heterocycles. The Labute approximate surface area is 540 Å². The van der Waals surface area contributed by atoms with Gasteiger partial charge < -0.3 is 52.7 Å². The number of nitrogens with zero attached hydrogens (tertiary/aromatic N) is 6. The van der Waals surface area contributed by atoms with Gasteiger partial charge in [-0.05, 0) is 39.3 Å². The Morgan fingerprint density at radius 3 is 0.393 bits per heavy atom. The summed E-state index contributed by atoms with van der Waals surface area (Å²) in [6.45, 7) is 35.6. The van der Waals surface area contributed by atoms with Gasteiger partial charge in [-0.25, -0.2) is 0 Å². The third kappa shape index (κ3) is 20.2. The molecule has 8 aromatic carbocycles. The molecule has 452 valence electrons. The maximum absolute atomic E-state index is 3.67. The summed E-state index contributed by atoms with van der Waals surface area (Å²) in [5.41, 5.74) is 10.7. The van der Waals surface area contributed by atoms with E-state index in [1.165, 1.54) is 162 Å². The molecule has 0 aromatic heterocycles. The molecule has 84 heavy (non-hydrogen) atoms. The molecule has 2 aliphatic heterocycles. The molecule has 0 saturated carbocycles. The van der Waals surface area contributed by atoms with Crippen LogP contribution in [-0.4, -0.2) is 159 Å². The van der Waals surface area contributed by atoms with E-state index in [1.54, 1.807) is 0 Å². The van der Waals surface area contributed by atoms with Crippen LogP contribution in [0.2, 0.25) is 0 Å². The molecule has 0 bridgehead atoms. The second-order valence-corrected chi connectivity index (χ2v) is 21.6. The van der Waals surface area contributed by atoms with Crippen LogP contribution in [0, 0.1) is 0 Å². The third-order valence-corrected chi connectivity index (χ3v) is 17.5. The van der Waals surface area contributed by atoms with Crippen LogP contribution in [0.25, 0.3) is 0 Å². The quantitative estimate of drug-likeness (QED) is 0.0612. The normalized spacial score (nSPS) is 15.1. The molecule has 12 heteroatoms. The summed E-state index contributed by atoms with van der Waals surface area (Å²) in [5, 5.41) is 0. The van der Waals surface area contributed by atoms with Gasteiger partial charge in [-0.1, -0.05) is 284 Å². The fraction of sp³-hybridized carbons (Fsp3) is 0.333. The van der Waals surface area contributed by atoms with Crippen LogP contribution in [0.4, 0.5) is 0 Å². The first-order chi connectivity index (χ1) is 40.4. The monoisotopic (exact) mass is 1250 g/mol. The second-order valence-electron chi connectivity index (χ2n) is 21.6. The van der Waals surface area contributed by atoms with Crippen LogP contribution < -0.4 is 43.7 Å². The molecule has 0 N–H and O–H groups in total. The minimum Gasteiger partial charge on any atom is -1.00 e. The van der Waals surface area contributed by atoms with Gasteiger partial charge in [0, 0.05) is 78.5 Å². The number of hydrogen-bond acceptors (Lipinski definition) is 8. The van der Waals surface area contributed by atoms with Crippen molar-refractivity contribution in [2.45, 2.75) is 41.5 Å². The van der Waals surface area contributed by atoms with Gasteiger partial charge in [0.15, 0.2) is 0 Å². The first-order valence-electron chi connectivity index (χ1n) is 30.7. The summed E-state index contributed by atoms with van der Waals surface area (Å²) in [7, 11) is 0. The minimum atomic E-state index is -1.22. The van der Waals surface area contributed by atoms with Gasteiger partial charge in [-0.15, -0.1) is 0 Å². The first kappa shape index (κ1) is 71.9. The zero-order chi connectivity index (χ0) is 58.1. The molecule has 2 radical (unpaired) electrons. The number of likely N-dealkylation sites (N-methyl/N-ethyl adjacent to an activating group) is 6. The van der Waals surface area contributed by atoms with E-state index in [0.717, 1.165) is 0 Å². The molecular formula is C72H94B2Cu2N6S2. The van der Waals surface area contributed by atoms with Crippen LogP contribution in [-0.2, 0) is 57.5 Å². The Hall–Kier alpha value is -4.61. The van der Waals surface area contributed by atoms with E-state index in [9.17, 15) is 0 Å². The molecule has 0 atom stereocenters. The molecule has 0 spiro atoms. The fourth-order valence-electron chi connectivity index (χ4n) is 12.5. The zero-order valence-electron chi connectivity index (χ0n) is 51.1. The van der Waals surface area contributed by atoms with Crippen LogP contribution in [0.3, 0.4) is 0 Å². The minimum absolute atomic E-state index is 0. The Kier molecular flexibility index (Phi) is 34.8. The van der Waals surface area contributed by atoms with Gasteiger partial charge in [0.05, 0.1) is 0 Å². The summed E-state index contributed by atoms with van der Waals surface area (Å²) in [4.78, 5) is 15.4. The summed E-state index contributed by atoms with van der Waals surface area (Å²) in [6, 6.07) is 87.1. The van der Waals surface area contributed by atoms with E-state index in [-0.39, 0.29) is 34.1 Å². The molecule has 2 fully saturated rings. The van der Waals surface area contributed by atoms with Crippen molar-refractivity contribution >= 4 is 79.3 Å². The first-order valence-corrected chi connectivity index (χ1v) is 32.0. The van der Waals surface area contributed by atoms with Gasteiger partial charge in [-0.2, -0.15) is 43.7 Å². The van der Waals surface area contributed by atoms with Crippen LogP contribution >= 0.6 is 0 Å². The van der Waals surface area contributed by atoms with Crippen LogP contribution in [0.1, 0.15) is 41.5 Å². The summed E-state index contributed by atoms with van der Waals surface area (Å²) in [5.74, 6) is 0. The van der Waals surface area contributed by atoms with Crippen molar-refractivity contribution in [2.24, 2.45) is 0 Å². The topological polar surface area (TPSA) is 19.4 Å². The van der Waals surface area contributed by atoms with Crippen LogP contribution in [0.5, 0.6) is 0 Å². The summed E-state index contributed by atoms with van der Waals surface area (Å²) in [6.07, 6.45) is -2.43. The predicted octanol–water partition coefficient (Wildman–Crippen LogP) is 8.05. The zero-order valence-corrected chi connectivity index (χ0v) is 54.6. The Balaban J connectivity index is 0.000000243. The average Bonchev–Trinajstić information content (AvgIpc) is 3.39. The van der Waals surface area contributed by atoms with Crippen molar-refractivity contribution < 1.29 is 34.1 Å². The van der Waals surface area contributed by atoms with Gasteiger partial charge in [-0.3, -0.25) is 0 Å². The van der Waals surface area contributed by atoms with Crippen molar-refractivity contribution in [3.8, 4) is 0 Å². The number of benzene rings is 8. The number of rotatable bonds is 14. The Morgan fingerprint density at radius 2 is 0.310 bits per heavy atom. The molecular weight excluding hydrogens is 1160 g/mol. The third-order valence-electron chi connectivity index (χ3n) is 17.5. The van der Waals surface area contributed by atoms with Crippen molar-refractivity contribution in [1.82, 2.24) is 29.4 Å². The van der Waals surface area contributed by atoms with E-state index < -0.39 is 12.3 Å². The summed E-state index contributed by atoms with van der Waals surface area (Å²) < 4.78 is 0. The van der Waals surface area contributed by atoms with Crippen molar-refractivity contribution in [3.05, 3.63) is 243 Å². The molecule has 2 saturated heterocycles. The molecule has 0 aliphatic carbocycles. The smallest absolute Gasteiger partial charge is 1.00 e. The van der Waals surface area contributed by atoms with Crippen molar-refractivity contribution in [2.75, 3.05) is 118 Å². The molecule has 10 rings (SSSR count).